The first-order valence-corrected chi connectivity index (χ1v) is 6.20. The number of hydrogen-bond donors (Lipinski definition) is 1. The molecule has 3 nitrogen and oxygen atoms in total. The van der Waals surface area contributed by atoms with Gasteiger partial charge >= 0.3 is 0 Å². The second kappa shape index (κ2) is 6.46. The van der Waals surface area contributed by atoms with Crippen molar-refractivity contribution in [3.8, 4) is 0 Å². The lowest BCUT2D eigenvalue weighted by Gasteiger charge is -2.37. The van der Waals surface area contributed by atoms with Gasteiger partial charge in [0.1, 0.15) is 0 Å². The molecule has 3 heteroatoms. The van der Waals surface area contributed by atoms with Crippen LogP contribution in [0, 0.1) is 0 Å². The summed E-state index contributed by atoms with van der Waals surface area (Å²) < 4.78 is 5.73. The minimum absolute atomic E-state index is 0.382. The smallest absolute Gasteiger partial charge is 0.0678 e. The number of nitrogens with one attached hydrogen (secondary N) is 1. The minimum atomic E-state index is 0.382. The Balaban J connectivity index is 2.35. The summed E-state index contributed by atoms with van der Waals surface area (Å²) in [4.78, 5) is 2.52. The van der Waals surface area contributed by atoms with Gasteiger partial charge in [0.2, 0.25) is 0 Å². The van der Waals surface area contributed by atoms with Gasteiger partial charge in [0, 0.05) is 25.7 Å². The molecule has 1 heterocycles. The van der Waals surface area contributed by atoms with E-state index in [2.05, 4.69) is 38.0 Å². The Kier molecular flexibility index (Phi) is 5.58. The fourth-order valence-corrected chi connectivity index (χ4v) is 2.42. The molecule has 1 aliphatic heterocycles. The molecule has 0 radical (unpaired) electrons. The molecule has 1 saturated heterocycles. The number of nitrogens with zero attached hydrogens (tertiary/aromatic N) is 1. The third-order valence-corrected chi connectivity index (χ3v) is 3.02. The molecule has 0 bridgehead atoms. The van der Waals surface area contributed by atoms with E-state index in [1.807, 2.05) is 0 Å². The summed E-state index contributed by atoms with van der Waals surface area (Å²) in [6, 6.07) is 0.632. The van der Waals surface area contributed by atoms with Crippen molar-refractivity contribution in [3.05, 3.63) is 0 Å². The van der Waals surface area contributed by atoms with Crippen molar-refractivity contribution in [3.63, 3.8) is 0 Å². The zero-order valence-corrected chi connectivity index (χ0v) is 10.6. The molecule has 0 aromatic heterocycles. The normalized spacial score (nSPS) is 30.4. The average Bonchev–Trinajstić information content (AvgIpc) is 2.15. The molecule has 0 saturated carbocycles. The van der Waals surface area contributed by atoms with Crippen molar-refractivity contribution in [2.75, 3.05) is 26.7 Å². The second-order valence-corrected chi connectivity index (χ2v) is 4.75. The van der Waals surface area contributed by atoms with E-state index in [-0.39, 0.29) is 0 Å². The zero-order valence-electron chi connectivity index (χ0n) is 10.6. The van der Waals surface area contributed by atoms with E-state index in [9.17, 15) is 0 Å². The monoisotopic (exact) mass is 214 g/mol. The van der Waals surface area contributed by atoms with Crippen molar-refractivity contribution < 1.29 is 4.74 Å². The predicted octanol–water partition coefficient (Wildman–Crippen LogP) is 1.48. The molecule has 0 spiro atoms. The van der Waals surface area contributed by atoms with Gasteiger partial charge in [0.25, 0.3) is 0 Å². The van der Waals surface area contributed by atoms with Gasteiger partial charge in [0.05, 0.1) is 12.2 Å². The highest BCUT2D eigenvalue weighted by Gasteiger charge is 2.23. The first-order chi connectivity index (χ1) is 7.15. The van der Waals surface area contributed by atoms with Gasteiger partial charge in [-0.2, -0.15) is 0 Å². The quantitative estimate of drug-likeness (QED) is 0.750. The Labute approximate surface area is 94.2 Å². The van der Waals surface area contributed by atoms with E-state index in [4.69, 9.17) is 4.74 Å². The van der Waals surface area contributed by atoms with Crippen LogP contribution >= 0.6 is 0 Å². The molecule has 1 rings (SSSR count). The molecule has 1 aliphatic rings. The van der Waals surface area contributed by atoms with Gasteiger partial charge < -0.3 is 10.1 Å². The first kappa shape index (κ1) is 12.9. The zero-order chi connectivity index (χ0) is 11.3. The third kappa shape index (κ3) is 4.49. The van der Waals surface area contributed by atoms with Crippen LogP contribution in [0.3, 0.4) is 0 Å². The van der Waals surface area contributed by atoms with Gasteiger partial charge in [-0.15, -0.1) is 0 Å². The fourth-order valence-electron chi connectivity index (χ4n) is 2.42. The van der Waals surface area contributed by atoms with E-state index in [1.54, 1.807) is 0 Å². The summed E-state index contributed by atoms with van der Waals surface area (Å²) in [5.41, 5.74) is 0. The van der Waals surface area contributed by atoms with Crippen molar-refractivity contribution in [1.82, 2.24) is 10.2 Å². The van der Waals surface area contributed by atoms with E-state index >= 15 is 0 Å². The van der Waals surface area contributed by atoms with Crippen LogP contribution in [0.2, 0.25) is 0 Å². The van der Waals surface area contributed by atoms with Crippen molar-refractivity contribution in [1.29, 1.82) is 0 Å². The Morgan fingerprint density at radius 1 is 1.33 bits per heavy atom. The molecule has 90 valence electrons. The van der Waals surface area contributed by atoms with Gasteiger partial charge in [-0.05, 0) is 27.3 Å². The summed E-state index contributed by atoms with van der Waals surface area (Å²) in [5, 5.41) is 3.40. The summed E-state index contributed by atoms with van der Waals surface area (Å²) in [6.45, 7) is 9.88. The number of rotatable bonds is 5. The van der Waals surface area contributed by atoms with Gasteiger partial charge in [-0.3, -0.25) is 4.90 Å². The highest BCUT2D eigenvalue weighted by atomic mass is 16.5. The number of hydrogen-bond acceptors (Lipinski definition) is 3. The first-order valence-electron chi connectivity index (χ1n) is 6.20. The van der Waals surface area contributed by atoms with Gasteiger partial charge in [-0.25, -0.2) is 0 Å². The van der Waals surface area contributed by atoms with E-state index in [0.29, 0.717) is 18.2 Å². The van der Waals surface area contributed by atoms with Crippen molar-refractivity contribution in [2.24, 2.45) is 0 Å². The van der Waals surface area contributed by atoms with Crippen LogP contribution in [0.5, 0.6) is 0 Å². The van der Waals surface area contributed by atoms with Gasteiger partial charge in [-0.1, -0.05) is 13.3 Å². The van der Waals surface area contributed by atoms with E-state index in [0.717, 1.165) is 19.6 Å². The van der Waals surface area contributed by atoms with E-state index in [1.165, 1.54) is 12.8 Å². The molecule has 15 heavy (non-hydrogen) atoms. The SMILES string of the molecule is CCCC(CN1CC(C)OC(C)C1)NC. The highest BCUT2D eigenvalue weighted by Crippen LogP contribution is 2.11. The van der Waals surface area contributed by atoms with Crippen LogP contribution in [-0.4, -0.2) is 49.8 Å². The molecule has 0 aliphatic carbocycles. The molecule has 1 fully saturated rings. The summed E-state index contributed by atoms with van der Waals surface area (Å²) in [7, 11) is 2.06. The van der Waals surface area contributed by atoms with Crippen LogP contribution in [-0.2, 0) is 4.74 Å². The molecule has 3 atom stereocenters. The Morgan fingerprint density at radius 3 is 2.40 bits per heavy atom. The molecule has 0 aromatic rings. The minimum Gasteiger partial charge on any atom is -0.373 e. The maximum absolute atomic E-state index is 5.73. The standard InChI is InChI=1S/C12H26N2O/c1-5-6-12(13-4)9-14-7-10(2)15-11(3)8-14/h10-13H,5-9H2,1-4H3. The molecule has 0 aromatic carbocycles. The molecule has 1 N–H and O–H groups in total. The summed E-state index contributed by atoms with van der Waals surface area (Å²) >= 11 is 0. The Bertz CT molecular complexity index is 165. The Morgan fingerprint density at radius 2 is 1.93 bits per heavy atom. The molecular formula is C12H26N2O. The highest BCUT2D eigenvalue weighted by molar-refractivity contribution is 4.77. The number of likely N-dealkylation sites (N-methyl/N-ethyl adjacent to an activating group) is 1. The molecule has 0 amide bonds. The van der Waals surface area contributed by atoms with Gasteiger partial charge in [0.15, 0.2) is 0 Å². The van der Waals surface area contributed by atoms with Crippen LogP contribution in [0.1, 0.15) is 33.6 Å². The Hall–Kier alpha value is -0.120. The van der Waals surface area contributed by atoms with Crippen molar-refractivity contribution >= 4 is 0 Å². The van der Waals surface area contributed by atoms with E-state index < -0.39 is 0 Å². The lowest BCUT2D eigenvalue weighted by atomic mass is 10.1. The summed E-state index contributed by atoms with van der Waals surface area (Å²) in [5.74, 6) is 0. The predicted molar refractivity (Wildman–Crippen MR) is 64.2 cm³/mol. The number of ether oxygens (including phenoxy) is 1. The lowest BCUT2D eigenvalue weighted by Crippen LogP contribution is -2.50. The third-order valence-electron chi connectivity index (χ3n) is 3.02. The molecule has 3 unspecified atom stereocenters. The number of morpholine rings is 1. The summed E-state index contributed by atoms with van der Waals surface area (Å²) in [6.07, 6.45) is 3.28. The lowest BCUT2D eigenvalue weighted by molar-refractivity contribution is -0.0698. The molecular weight excluding hydrogens is 188 g/mol. The van der Waals surface area contributed by atoms with Crippen LogP contribution in [0.4, 0.5) is 0 Å². The second-order valence-electron chi connectivity index (χ2n) is 4.75. The topological polar surface area (TPSA) is 24.5 Å². The average molecular weight is 214 g/mol. The van der Waals surface area contributed by atoms with Crippen LogP contribution < -0.4 is 5.32 Å². The van der Waals surface area contributed by atoms with Crippen molar-refractivity contribution in [2.45, 2.75) is 51.9 Å². The van der Waals surface area contributed by atoms with Crippen LogP contribution in [0.15, 0.2) is 0 Å². The van der Waals surface area contributed by atoms with Crippen LogP contribution in [0.25, 0.3) is 0 Å². The maximum Gasteiger partial charge on any atom is 0.0678 e. The maximum atomic E-state index is 5.73. The fraction of sp³-hybridized carbons (Fsp3) is 1.00. The largest absolute Gasteiger partial charge is 0.373 e.